The molecule has 0 spiro atoms. The van der Waals surface area contributed by atoms with Crippen molar-refractivity contribution in [2.24, 2.45) is 0 Å². The fraction of sp³-hybridized carbons (Fsp3) is 0. The molecule has 0 saturated carbocycles. The highest BCUT2D eigenvalue weighted by Crippen LogP contribution is 2.47. The number of aromatic hydroxyl groups is 6. The minimum Gasteiger partial charge on any atom is -0.508 e. The van der Waals surface area contributed by atoms with E-state index in [1.165, 1.54) is 42.5 Å². The summed E-state index contributed by atoms with van der Waals surface area (Å²) in [5.74, 6) is -2.18. The molecule has 0 unspecified atom stereocenters. The van der Waals surface area contributed by atoms with E-state index in [9.17, 15) is 40.2 Å². The van der Waals surface area contributed by atoms with Crippen LogP contribution in [0.5, 0.6) is 34.5 Å². The molecule has 2 aromatic heterocycles. The van der Waals surface area contributed by atoms with Gasteiger partial charge in [-0.2, -0.15) is 0 Å². The fourth-order valence-electron chi connectivity index (χ4n) is 4.66. The second kappa shape index (κ2) is 8.84. The summed E-state index contributed by atoms with van der Waals surface area (Å²) in [6, 6.07) is 15.2. The third kappa shape index (κ3) is 3.91. The Morgan fingerprint density at radius 2 is 1.12 bits per heavy atom. The van der Waals surface area contributed by atoms with E-state index >= 15 is 0 Å². The SMILES string of the molecule is O=c1cc(-c2ccc(O)cc2-c2c(O)cc3oc(-c4ccc(O)cc4)cc(=O)c3c2O)oc2cc(O)cc(O)c12. The Hall–Kier alpha value is -5.90. The van der Waals surface area contributed by atoms with Gasteiger partial charge in [-0.3, -0.25) is 9.59 Å². The Bertz CT molecular complexity index is 2100. The molecule has 0 saturated heterocycles. The molecule has 6 rings (SSSR count). The number of phenols is 6. The summed E-state index contributed by atoms with van der Waals surface area (Å²) in [5.41, 5.74) is -1.16. The van der Waals surface area contributed by atoms with Crippen LogP contribution >= 0.6 is 0 Å². The average molecular weight is 538 g/mol. The predicted molar refractivity (Wildman–Crippen MR) is 145 cm³/mol. The second-order valence-corrected chi connectivity index (χ2v) is 9.06. The van der Waals surface area contributed by atoms with Crippen molar-refractivity contribution < 1.29 is 39.5 Å². The largest absolute Gasteiger partial charge is 0.508 e. The zero-order valence-electron chi connectivity index (χ0n) is 20.2. The average Bonchev–Trinajstić information content (AvgIpc) is 2.88. The molecule has 4 aromatic carbocycles. The topological polar surface area (TPSA) is 182 Å². The van der Waals surface area contributed by atoms with Gasteiger partial charge in [0.15, 0.2) is 10.9 Å². The number of benzene rings is 4. The van der Waals surface area contributed by atoms with E-state index in [1.54, 1.807) is 0 Å². The lowest BCUT2D eigenvalue weighted by Gasteiger charge is -2.15. The predicted octanol–water partition coefficient (Wildman–Crippen LogP) is 5.13. The molecule has 6 N–H and O–H groups in total. The molecule has 0 aliphatic heterocycles. The van der Waals surface area contributed by atoms with Crippen LogP contribution in [0.4, 0.5) is 0 Å². The molecule has 0 bridgehead atoms. The Morgan fingerprint density at radius 1 is 0.500 bits per heavy atom. The maximum Gasteiger partial charge on any atom is 0.197 e. The lowest BCUT2D eigenvalue weighted by Crippen LogP contribution is -2.03. The zero-order chi connectivity index (χ0) is 28.3. The van der Waals surface area contributed by atoms with E-state index in [2.05, 4.69) is 0 Å². The summed E-state index contributed by atoms with van der Waals surface area (Å²) in [5, 5.41) is 61.6. The fourth-order valence-corrected chi connectivity index (χ4v) is 4.66. The van der Waals surface area contributed by atoms with Gasteiger partial charge in [-0.05, 0) is 42.5 Å². The van der Waals surface area contributed by atoms with Gasteiger partial charge in [-0.25, -0.2) is 0 Å². The minimum atomic E-state index is -0.647. The summed E-state index contributed by atoms with van der Waals surface area (Å²) >= 11 is 0. The first-order valence-corrected chi connectivity index (χ1v) is 11.8. The van der Waals surface area contributed by atoms with Crippen molar-refractivity contribution in [1.29, 1.82) is 0 Å². The maximum absolute atomic E-state index is 13.1. The van der Waals surface area contributed by atoms with Gasteiger partial charge in [0.2, 0.25) is 0 Å². The van der Waals surface area contributed by atoms with E-state index in [0.29, 0.717) is 5.56 Å². The molecule has 0 radical (unpaired) electrons. The molecule has 2 heterocycles. The molecule has 0 amide bonds. The first-order valence-electron chi connectivity index (χ1n) is 11.8. The van der Waals surface area contributed by atoms with Crippen molar-refractivity contribution in [1.82, 2.24) is 0 Å². The smallest absolute Gasteiger partial charge is 0.197 e. The Balaban J connectivity index is 1.59. The van der Waals surface area contributed by atoms with Crippen molar-refractivity contribution in [2.75, 3.05) is 0 Å². The lowest BCUT2D eigenvalue weighted by atomic mass is 9.94. The zero-order valence-corrected chi connectivity index (χ0v) is 20.2. The van der Waals surface area contributed by atoms with E-state index in [4.69, 9.17) is 8.83 Å². The molecule has 6 aromatic rings. The third-order valence-corrected chi connectivity index (χ3v) is 6.46. The van der Waals surface area contributed by atoms with Gasteiger partial charge in [0.05, 0.1) is 5.56 Å². The molecular formula is C30H18O10. The van der Waals surface area contributed by atoms with E-state index < -0.39 is 28.1 Å². The van der Waals surface area contributed by atoms with Gasteiger partial charge >= 0.3 is 0 Å². The van der Waals surface area contributed by atoms with Crippen LogP contribution in [-0.4, -0.2) is 30.6 Å². The summed E-state index contributed by atoms with van der Waals surface area (Å²) in [6.07, 6.45) is 0. The van der Waals surface area contributed by atoms with Crippen LogP contribution in [0.15, 0.2) is 91.2 Å². The summed E-state index contributed by atoms with van der Waals surface area (Å²) in [4.78, 5) is 25.9. The molecule has 0 fully saturated rings. The van der Waals surface area contributed by atoms with Crippen molar-refractivity contribution in [3.05, 3.63) is 93.2 Å². The summed E-state index contributed by atoms with van der Waals surface area (Å²) in [7, 11) is 0. The van der Waals surface area contributed by atoms with Gasteiger partial charge in [-0.15, -0.1) is 0 Å². The first kappa shape index (κ1) is 24.4. The molecule has 0 aliphatic carbocycles. The van der Waals surface area contributed by atoms with Crippen molar-refractivity contribution in [3.8, 4) is 68.3 Å². The Labute approximate surface area is 223 Å². The summed E-state index contributed by atoms with van der Waals surface area (Å²) in [6.45, 7) is 0. The third-order valence-electron chi connectivity index (χ3n) is 6.46. The van der Waals surface area contributed by atoms with Crippen LogP contribution in [-0.2, 0) is 0 Å². The van der Waals surface area contributed by atoms with Crippen molar-refractivity contribution in [2.45, 2.75) is 0 Å². The summed E-state index contributed by atoms with van der Waals surface area (Å²) < 4.78 is 11.6. The number of phenolic OH excluding ortho intramolecular Hbond substituents is 6. The van der Waals surface area contributed by atoms with Gasteiger partial charge in [-0.1, -0.05) is 0 Å². The van der Waals surface area contributed by atoms with Crippen LogP contribution in [0.3, 0.4) is 0 Å². The van der Waals surface area contributed by atoms with Crippen LogP contribution < -0.4 is 10.9 Å². The highest BCUT2D eigenvalue weighted by Gasteiger charge is 2.24. The van der Waals surface area contributed by atoms with Gasteiger partial charge in [0.1, 0.15) is 68.0 Å². The molecule has 10 heteroatoms. The van der Waals surface area contributed by atoms with Crippen LogP contribution in [0, 0.1) is 0 Å². The second-order valence-electron chi connectivity index (χ2n) is 9.06. The van der Waals surface area contributed by atoms with Gasteiger partial charge < -0.3 is 39.5 Å². The lowest BCUT2D eigenvalue weighted by molar-refractivity contribution is 0.452. The molecule has 0 atom stereocenters. The maximum atomic E-state index is 13.1. The highest BCUT2D eigenvalue weighted by atomic mass is 16.3. The van der Waals surface area contributed by atoms with Crippen molar-refractivity contribution in [3.63, 3.8) is 0 Å². The molecular weight excluding hydrogens is 520 g/mol. The number of hydrogen-bond donors (Lipinski definition) is 6. The normalized spacial score (nSPS) is 11.3. The molecule has 10 nitrogen and oxygen atoms in total. The molecule has 40 heavy (non-hydrogen) atoms. The molecule has 198 valence electrons. The quantitative estimate of drug-likeness (QED) is 0.177. The van der Waals surface area contributed by atoms with Gasteiger partial charge in [0, 0.05) is 47.0 Å². The standard InChI is InChI=1S/C30H18O10/c31-14-3-1-13(2-4-14)23-10-22(37)29-26(39-23)12-20(35)27(30(29)38)18-7-15(32)5-6-17(18)24-11-21(36)28-19(34)8-16(33)9-25(28)40-24/h1-12,31-35,38H. The van der Waals surface area contributed by atoms with E-state index in [1.807, 2.05) is 0 Å². The Kier molecular flexibility index (Phi) is 5.40. The number of fused-ring (bicyclic) bond motifs is 2. The number of hydrogen-bond acceptors (Lipinski definition) is 10. The van der Waals surface area contributed by atoms with Gasteiger partial charge in [0.25, 0.3) is 0 Å². The number of rotatable bonds is 3. The van der Waals surface area contributed by atoms with E-state index in [-0.39, 0.29) is 67.4 Å². The van der Waals surface area contributed by atoms with Crippen molar-refractivity contribution >= 4 is 21.9 Å². The van der Waals surface area contributed by atoms with Crippen LogP contribution in [0.2, 0.25) is 0 Å². The van der Waals surface area contributed by atoms with E-state index in [0.717, 1.165) is 30.3 Å². The molecule has 0 aliphatic rings. The van der Waals surface area contributed by atoms with Crippen LogP contribution in [0.25, 0.3) is 55.7 Å². The monoisotopic (exact) mass is 538 g/mol. The first-order chi connectivity index (χ1) is 19.1. The highest BCUT2D eigenvalue weighted by molar-refractivity contribution is 5.99. The Morgan fingerprint density at radius 3 is 1.88 bits per heavy atom. The minimum absolute atomic E-state index is 0.00536. The van der Waals surface area contributed by atoms with Crippen LogP contribution in [0.1, 0.15) is 0 Å².